The fourth-order valence-electron chi connectivity index (χ4n) is 2.25. The first kappa shape index (κ1) is 15.3. The summed E-state index contributed by atoms with van der Waals surface area (Å²) in [6.45, 7) is 5.04. The summed E-state index contributed by atoms with van der Waals surface area (Å²) in [5.74, 6) is 1.13. The predicted octanol–water partition coefficient (Wildman–Crippen LogP) is 2.44. The lowest BCUT2D eigenvalue weighted by Gasteiger charge is -2.38. The predicted molar refractivity (Wildman–Crippen MR) is 80.5 cm³/mol. The number of ether oxygens (including phenoxy) is 1. The van der Waals surface area contributed by atoms with Crippen LogP contribution in [0.1, 0.15) is 32.3 Å². The molecule has 1 aliphatic rings. The Labute approximate surface area is 121 Å². The standard InChI is InChI=1S/C15H23NO3S/c1-3-5-10-20(17,18)16-11-14(12-16)19-15-9-7-6-8-13(15)4-2/h6-9,14H,3-5,10-12H2,1-2H3. The average Bonchev–Trinajstić information content (AvgIpc) is 2.40. The highest BCUT2D eigenvalue weighted by Crippen LogP contribution is 2.24. The van der Waals surface area contributed by atoms with Gasteiger partial charge in [-0.25, -0.2) is 8.42 Å². The molecule has 0 aliphatic carbocycles. The molecule has 20 heavy (non-hydrogen) atoms. The number of aryl methyl sites for hydroxylation is 1. The van der Waals surface area contributed by atoms with E-state index in [1.807, 2.05) is 31.2 Å². The van der Waals surface area contributed by atoms with Gasteiger partial charge in [0.05, 0.1) is 18.8 Å². The number of unbranched alkanes of at least 4 members (excludes halogenated alkanes) is 1. The van der Waals surface area contributed by atoms with Crippen LogP contribution in [-0.4, -0.2) is 37.7 Å². The molecule has 0 radical (unpaired) electrons. The number of hydrogen-bond donors (Lipinski definition) is 0. The van der Waals surface area contributed by atoms with Crippen molar-refractivity contribution in [2.75, 3.05) is 18.8 Å². The topological polar surface area (TPSA) is 46.6 Å². The highest BCUT2D eigenvalue weighted by Gasteiger charge is 2.36. The fraction of sp³-hybridized carbons (Fsp3) is 0.600. The van der Waals surface area contributed by atoms with Crippen LogP contribution in [0.4, 0.5) is 0 Å². The molecule has 0 spiro atoms. The molecule has 1 aromatic rings. The van der Waals surface area contributed by atoms with Crippen LogP contribution in [0.2, 0.25) is 0 Å². The molecule has 0 N–H and O–H groups in total. The van der Waals surface area contributed by atoms with Gasteiger partial charge in [0, 0.05) is 0 Å². The molecule has 0 amide bonds. The first-order chi connectivity index (χ1) is 9.56. The molecule has 1 heterocycles. The van der Waals surface area contributed by atoms with Crippen LogP contribution in [-0.2, 0) is 16.4 Å². The van der Waals surface area contributed by atoms with Crippen molar-refractivity contribution in [3.05, 3.63) is 29.8 Å². The van der Waals surface area contributed by atoms with Crippen molar-refractivity contribution in [2.24, 2.45) is 0 Å². The molecule has 1 fully saturated rings. The van der Waals surface area contributed by atoms with Gasteiger partial charge in [-0.15, -0.1) is 0 Å². The van der Waals surface area contributed by atoms with Gasteiger partial charge >= 0.3 is 0 Å². The molecule has 1 aromatic carbocycles. The smallest absolute Gasteiger partial charge is 0.214 e. The first-order valence-corrected chi connectivity index (χ1v) is 8.90. The van der Waals surface area contributed by atoms with Gasteiger partial charge in [-0.05, 0) is 24.5 Å². The lowest BCUT2D eigenvalue weighted by Crippen LogP contribution is -2.56. The number of rotatable bonds is 7. The van der Waals surface area contributed by atoms with Gasteiger partial charge in [0.25, 0.3) is 0 Å². The largest absolute Gasteiger partial charge is 0.487 e. The Morgan fingerprint density at radius 2 is 1.95 bits per heavy atom. The van der Waals surface area contributed by atoms with Crippen molar-refractivity contribution in [2.45, 2.75) is 39.2 Å². The van der Waals surface area contributed by atoms with E-state index in [1.165, 1.54) is 9.87 Å². The average molecular weight is 297 g/mol. The van der Waals surface area contributed by atoms with Crippen molar-refractivity contribution in [3.63, 3.8) is 0 Å². The van der Waals surface area contributed by atoms with Crippen molar-refractivity contribution in [1.82, 2.24) is 4.31 Å². The lowest BCUT2D eigenvalue weighted by molar-refractivity contribution is 0.0754. The normalized spacial score (nSPS) is 16.9. The maximum atomic E-state index is 12.0. The number of benzene rings is 1. The zero-order valence-electron chi connectivity index (χ0n) is 12.2. The van der Waals surface area contributed by atoms with E-state index >= 15 is 0 Å². The Balaban J connectivity index is 1.88. The van der Waals surface area contributed by atoms with Crippen LogP contribution in [0.3, 0.4) is 0 Å². The van der Waals surface area contributed by atoms with E-state index in [0.29, 0.717) is 13.1 Å². The SMILES string of the molecule is CCCCS(=O)(=O)N1CC(Oc2ccccc2CC)C1. The summed E-state index contributed by atoms with van der Waals surface area (Å²) in [5.41, 5.74) is 1.17. The zero-order chi connectivity index (χ0) is 14.6. The molecule has 2 rings (SSSR count). The van der Waals surface area contributed by atoms with E-state index in [4.69, 9.17) is 4.74 Å². The summed E-state index contributed by atoms with van der Waals surface area (Å²) in [5, 5.41) is 0. The zero-order valence-corrected chi connectivity index (χ0v) is 13.0. The molecule has 0 aromatic heterocycles. The first-order valence-electron chi connectivity index (χ1n) is 7.29. The molecule has 5 heteroatoms. The van der Waals surface area contributed by atoms with Crippen LogP contribution < -0.4 is 4.74 Å². The van der Waals surface area contributed by atoms with Crippen LogP contribution >= 0.6 is 0 Å². The van der Waals surface area contributed by atoms with Gasteiger partial charge < -0.3 is 4.74 Å². The second-order valence-corrected chi connectivity index (χ2v) is 7.28. The maximum absolute atomic E-state index is 12.0. The van der Waals surface area contributed by atoms with Crippen LogP contribution in [0, 0.1) is 0 Å². The van der Waals surface area contributed by atoms with E-state index < -0.39 is 10.0 Å². The molecule has 4 nitrogen and oxygen atoms in total. The third-order valence-corrected chi connectivity index (χ3v) is 5.50. The van der Waals surface area contributed by atoms with Crippen molar-refractivity contribution in [1.29, 1.82) is 0 Å². The molecule has 112 valence electrons. The van der Waals surface area contributed by atoms with E-state index in [-0.39, 0.29) is 11.9 Å². The Kier molecular flexibility index (Phi) is 5.05. The maximum Gasteiger partial charge on any atom is 0.214 e. The van der Waals surface area contributed by atoms with Gasteiger partial charge in [-0.2, -0.15) is 4.31 Å². The van der Waals surface area contributed by atoms with Crippen LogP contribution in [0.25, 0.3) is 0 Å². The highest BCUT2D eigenvalue weighted by molar-refractivity contribution is 7.89. The quantitative estimate of drug-likeness (QED) is 0.776. The second kappa shape index (κ2) is 6.59. The Hall–Kier alpha value is -1.07. The second-order valence-electron chi connectivity index (χ2n) is 5.19. The van der Waals surface area contributed by atoms with Crippen molar-refractivity contribution < 1.29 is 13.2 Å². The third kappa shape index (κ3) is 3.52. The monoisotopic (exact) mass is 297 g/mol. The van der Waals surface area contributed by atoms with Gasteiger partial charge in [0.1, 0.15) is 11.9 Å². The van der Waals surface area contributed by atoms with E-state index in [9.17, 15) is 8.42 Å². The Morgan fingerprint density at radius 1 is 1.25 bits per heavy atom. The van der Waals surface area contributed by atoms with E-state index in [1.54, 1.807) is 0 Å². The molecule has 1 saturated heterocycles. The number of sulfonamides is 1. The minimum Gasteiger partial charge on any atom is -0.487 e. The van der Waals surface area contributed by atoms with E-state index in [0.717, 1.165) is 25.0 Å². The molecule has 0 unspecified atom stereocenters. The number of hydrogen-bond acceptors (Lipinski definition) is 3. The fourth-order valence-corrected chi connectivity index (χ4v) is 3.95. The molecule has 1 aliphatic heterocycles. The van der Waals surface area contributed by atoms with Gasteiger partial charge in [0.15, 0.2) is 0 Å². The van der Waals surface area contributed by atoms with Gasteiger partial charge in [0.2, 0.25) is 10.0 Å². The van der Waals surface area contributed by atoms with Crippen molar-refractivity contribution in [3.8, 4) is 5.75 Å². The third-order valence-electron chi connectivity index (χ3n) is 3.61. The van der Waals surface area contributed by atoms with Crippen molar-refractivity contribution >= 4 is 10.0 Å². The Morgan fingerprint density at radius 3 is 2.60 bits per heavy atom. The van der Waals surface area contributed by atoms with Gasteiger partial charge in [-0.1, -0.05) is 38.5 Å². The minimum atomic E-state index is -3.07. The molecule has 0 saturated carbocycles. The van der Waals surface area contributed by atoms with Crippen LogP contribution in [0.5, 0.6) is 5.75 Å². The summed E-state index contributed by atoms with van der Waals surface area (Å²) in [6, 6.07) is 7.94. The summed E-state index contributed by atoms with van der Waals surface area (Å²) >= 11 is 0. The summed E-state index contributed by atoms with van der Waals surface area (Å²) in [7, 11) is -3.07. The van der Waals surface area contributed by atoms with Crippen LogP contribution in [0.15, 0.2) is 24.3 Å². The number of nitrogens with zero attached hydrogens (tertiary/aromatic N) is 1. The summed E-state index contributed by atoms with van der Waals surface area (Å²) in [4.78, 5) is 0. The molecule has 0 atom stereocenters. The van der Waals surface area contributed by atoms with E-state index in [2.05, 4.69) is 6.92 Å². The minimum absolute atomic E-state index is 0.0147. The molecular formula is C15H23NO3S. The number of para-hydroxylation sites is 1. The van der Waals surface area contributed by atoms with Gasteiger partial charge in [-0.3, -0.25) is 0 Å². The molecule has 0 bridgehead atoms. The molecular weight excluding hydrogens is 274 g/mol. The summed E-state index contributed by atoms with van der Waals surface area (Å²) in [6.07, 6.45) is 2.53. The summed E-state index contributed by atoms with van der Waals surface area (Å²) < 4.78 is 31.4. The Bertz CT molecular complexity index is 536. The lowest BCUT2D eigenvalue weighted by atomic mass is 10.1. The highest BCUT2D eigenvalue weighted by atomic mass is 32.2.